The fourth-order valence-electron chi connectivity index (χ4n) is 1.30. The number of aliphatic hydroxyl groups excluding tert-OH is 1. The fraction of sp³-hybridized carbons (Fsp3) is 0.667. The quantitative estimate of drug-likeness (QED) is 0.580. The minimum atomic E-state index is -4.76. The SMILES string of the molecule is O=C(O)CN(CC(=O)O)C(=O)N(CCO)CC(F)(F)F. The maximum absolute atomic E-state index is 12.3. The number of hydrogen-bond acceptors (Lipinski definition) is 4. The molecule has 0 heterocycles. The van der Waals surface area contributed by atoms with Crippen LogP contribution < -0.4 is 0 Å². The highest BCUT2D eigenvalue weighted by Gasteiger charge is 2.35. The monoisotopic (exact) mass is 302 g/mol. The molecule has 2 amide bonds. The number of carboxylic acids is 2. The van der Waals surface area contributed by atoms with Gasteiger partial charge in [0.1, 0.15) is 19.6 Å². The van der Waals surface area contributed by atoms with Crippen molar-refractivity contribution in [2.24, 2.45) is 0 Å². The molecule has 0 atom stereocenters. The van der Waals surface area contributed by atoms with Crippen LogP contribution in [-0.2, 0) is 9.59 Å². The van der Waals surface area contributed by atoms with Crippen LogP contribution in [0.5, 0.6) is 0 Å². The summed E-state index contributed by atoms with van der Waals surface area (Å²) in [4.78, 5) is 33.0. The number of hydrogen-bond donors (Lipinski definition) is 3. The minimum absolute atomic E-state index is 0.131. The lowest BCUT2D eigenvalue weighted by molar-refractivity contribution is -0.144. The Hall–Kier alpha value is -2.04. The molecule has 20 heavy (non-hydrogen) atoms. The average molecular weight is 302 g/mol. The molecule has 0 bridgehead atoms. The molecule has 0 rings (SSSR count). The maximum atomic E-state index is 12.3. The Kier molecular flexibility index (Phi) is 6.76. The Morgan fingerprint density at radius 3 is 1.70 bits per heavy atom. The molecule has 0 aliphatic rings. The van der Waals surface area contributed by atoms with E-state index in [0.29, 0.717) is 0 Å². The lowest BCUT2D eigenvalue weighted by Gasteiger charge is -2.28. The van der Waals surface area contributed by atoms with Crippen LogP contribution in [0.25, 0.3) is 0 Å². The highest BCUT2D eigenvalue weighted by atomic mass is 19.4. The Morgan fingerprint density at radius 2 is 1.40 bits per heavy atom. The molecule has 0 radical (unpaired) electrons. The van der Waals surface area contributed by atoms with E-state index in [0.717, 1.165) is 0 Å². The predicted octanol–water partition coefficient (Wildman–Crippen LogP) is -0.566. The molecule has 0 unspecified atom stereocenters. The fourth-order valence-corrected chi connectivity index (χ4v) is 1.30. The van der Waals surface area contributed by atoms with Gasteiger partial charge in [-0.25, -0.2) is 4.79 Å². The smallest absolute Gasteiger partial charge is 0.406 e. The van der Waals surface area contributed by atoms with Gasteiger partial charge in [-0.2, -0.15) is 13.2 Å². The molecule has 0 saturated heterocycles. The number of nitrogens with zero attached hydrogens (tertiary/aromatic N) is 2. The van der Waals surface area contributed by atoms with Crippen LogP contribution in [0, 0.1) is 0 Å². The van der Waals surface area contributed by atoms with Crippen LogP contribution in [0.15, 0.2) is 0 Å². The first-order valence-electron chi connectivity index (χ1n) is 5.22. The van der Waals surface area contributed by atoms with E-state index >= 15 is 0 Å². The Balaban J connectivity index is 5.02. The van der Waals surface area contributed by atoms with Gasteiger partial charge in [0.25, 0.3) is 0 Å². The van der Waals surface area contributed by atoms with Gasteiger partial charge in [0.05, 0.1) is 6.61 Å². The molecule has 116 valence electrons. The molecule has 0 aromatic carbocycles. The summed E-state index contributed by atoms with van der Waals surface area (Å²) in [6.45, 7) is -5.33. The van der Waals surface area contributed by atoms with Gasteiger partial charge in [-0.05, 0) is 0 Å². The standard InChI is InChI=1S/C9H13F3N2O6/c10-9(11,12)5-13(1-2-15)8(20)14(3-6(16)17)4-7(18)19/h15H,1-5H2,(H,16,17)(H,18,19). The van der Waals surface area contributed by atoms with Gasteiger partial charge in [0.15, 0.2) is 0 Å². The topological polar surface area (TPSA) is 118 Å². The zero-order chi connectivity index (χ0) is 15.9. The van der Waals surface area contributed by atoms with E-state index in [1.807, 2.05) is 0 Å². The third-order valence-corrected chi connectivity index (χ3v) is 1.93. The normalized spacial score (nSPS) is 11.0. The van der Waals surface area contributed by atoms with Crippen molar-refractivity contribution >= 4 is 18.0 Å². The first-order chi connectivity index (χ1) is 9.06. The highest BCUT2D eigenvalue weighted by molar-refractivity contribution is 5.84. The molecule has 0 aromatic heterocycles. The second kappa shape index (κ2) is 7.53. The summed E-state index contributed by atoms with van der Waals surface area (Å²) >= 11 is 0. The molecular weight excluding hydrogens is 289 g/mol. The molecule has 0 aromatic rings. The summed E-state index contributed by atoms with van der Waals surface area (Å²) in [5.41, 5.74) is 0. The van der Waals surface area contributed by atoms with Gasteiger partial charge in [0.2, 0.25) is 0 Å². The third kappa shape index (κ3) is 7.41. The average Bonchev–Trinajstić information content (AvgIpc) is 2.23. The number of carboxylic acid groups (broad SMARTS) is 2. The first-order valence-corrected chi connectivity index (χ1v) is 5.22. The second-order valence-corrected chi connectivity index (χ2v) is 3.69. The zero-order valence-corrected chi connectivity index (χ0v) is 10.1. The van der Waals surface area contributed by atoms with Crippen molar-refractivity contribution in [3.05, 3.63) is 0 Å². The van der Waals surface area contributed by atoms with Crippen LogP contribution in [0.4, 0.5) is 18.0 Å². The summed E-state index contributed by atoms with van der Waals surface area (Å²) < 4.78 is 36.8. The molecule has 8 nitrogen and oxygen atoms in total. The summed E-state index contributed by atoms with van der Waals surface area (Å²) in [5, 5.41) is 25.6. The van der Waals surface area contributed by atoms with Crippen LogP contribution >= 0.6 is 0 Å². The molecule has 0 aliphatic heterocycles. The highest BCUT2D eigenvalue weighted by Crippen LogP contribution is 2.17. The number of aliphatic carboxylic acids is 2. The molecule has 0 spiro atoms. The summed E-state index contributed by atoms with van der Waals surface area (Å²) in [6.07, 6.45) is -4.76. The predicted molar refractivity (Wildman–Crippen MR) is 57.0 cm³/mol. The molecule has 11 heteroatoms. The van der Waals surface area contributed by atoms with Crippen LogP contribution in [0.2, 0.25) is 0 Å². The number of carbonyl (C=O) groups excluding carboxylic acids is 1. The number of aliphatic hydroxyl groups is 1. The van der Waals surface area contributed by atoms with Crippen LogP contribution in [0.3, 0.4) is 0 Å². The summed E-state index contributed by atoms with van der Waals surface area (Å²) in [6, 6.07) is -1.43. The van der Waals surface area contributed by atoms with Crippen molar-refractivity contribution in [2.45, 2.75) is 6.18 Å². The maximum Gasteiger partial charge on any atom is 0.406 e. The van der Waals surface area contributed by atoms with Crippen molar-refractivity contribution in [3.63, 3.8) is 0 Å². The third-order valence-electron chi connectivity index (χ3n) is 1.93. The Labute approximate surface area is 111 Å². The minimum Gasteiger partial charge on any atom is -0.480 e. The zero-order valence-electron chi connectivity index (χ0n) is 10.1. The summed E-state index contributed by atoms with van der Waals surface area (Å²) in [7, 11) is 0. The van der Waals surface area contributed by atoms with E-state index in [1.54, 1.807) is 0 Å². The summed E-state index contributed by atoms with van der Waals surface area (Å²) in [5.74, 6) is -3.15. The van der Waals surface area contributed by atoms with E-state index in [9.17, 15) is 27.6 Å². The number of alkyl halides is 3. The molecule has 3 N–H and O–H groups in total. The van der Waals surface area contributed by atoms with Gasteiger partial charge in [-0.3, -0.25) is 9.59 Å². The van der Waals surface area contributed by atoms with E-state index in [-0.39, 0.29) is 9.80 Å². The van der Waals surface area contributed by atoms with Crippen LogP contribution in [-0.4, -0.2) is 82.1 Å². The van der Waals surface area contributed by atoms with Crippen molar-refractivity contribution in [1.29, 1.82) is 0 Å². The lowest BCUT2D eigenvalue weighted by Crippen LogP contribution is -2.50. The lowest BCUT2D eigenvalue weighted by atomic mass is 10.4. The number of urea groups is 1. The van der Waals surface area contributed by atoms with Crippen molar-refractivity contribution in [1.82, 2.24) is 9.80 Å². The molecule has 0 fully saturated rings. The van der Waals surface area contributed by atoms with Crippen molar-refractivity contribution in [2.75, 3.05) is 32.8 Å². The first kappa shape index (κ1) is 18.0. The van der Waals surface area contributed by atoms with E-state index in [2.05, 4.69) is 0 Å². The van der Waals surface area contributed by atoms with E-state index in [1.165, 1.54) is 0 Å². The number of rotatable bonds is 7. The number of carbonyl (C=O) groups is 3. The Bertz CT molecular complexity index is 357. The second-order valence-electron chi connectivity index (χ2n) is 3.69. The Morgan fingerprint density at radius 1 is 0.950 bits per heavy atom. The van der Waals surface area contributed by atoms with Crippen LogP contribution in [0.1, 0.15) is 0 Å². The molecule has 0 aliphatic carbocycles. The van der Waals surface area contributed by atoms with Crippen molar-refractivity contribution in [3.8, 4) is 0 Å². The molecular formula is C9H13F3N2O6. The van der Waals surface area contributed by atoms with Gasteiger partial charge >= 0.3 is 24.1 Å². The number of amides is 2. The van der Waals surface area contributed by atoms with Gasteiger partial charge in [-0.15, -0.1) is 0 Å². The van der Waals surface area contributed by atoms with Gasteiger partial charge in [0, 0.05) is 6.54 Å². The van der Waals surface area contributed by atoms with E-state index < -0.39 is 56.9 Å². The van der Waals surface area contributed by atoms with Gasteiger partial charge in [-0.1, -0.05) is 0 Å². The van der Waals surface area contributed by atoms with E-state index in [4.69, 9.17) is 15.3 Å². The number of halogens is 3. The van der Waals surface area contributed by atoms with Gasteiger partial charge < -0.3 is 25.1 Å². The molecule has 0 saturated carbocycles. The van der Waals surface area contributed by atoms with Crippen molar-refractivity contribution < 1.29 is 42.9 Å². The largest absolute Gasteiger partial charge is 0.480 e.